The van der Waals surface area contributed by atoms with Gasteiger partial charge in [-0.1, -0.05) is 6.92 Å². The molecule has 2 aliphatic rings. The van der Waals surface area contributed by atoms with Gasteiger partial charge in [0.25, 0.3) is 0 Å². The largest absolute Gasteiger partial charge is 0.319 e. The Morgan fingerprint density at radius 2 is 2.20 bits per heavy atom. The Morgan fingerprint density at radius 1 is 1.55 bits per heavy atom. The number of halogens is 1. The Bertz CT molecular complexity index is 487. The number of alkyl halides is 1. The van der Waals surface area contributed by atoms with Gasteiger partial charge in [0.05, 0.1) is 12.0 Å². The summed E-state index contributed by atoms with van der Waals surface area (Å²) in [6.07, 6.45) is 2.04. The van der Waals surface area contributed by atoms with Crippen molar-refractivity contribution in [2.75, 3.05) is 7.05 Å². The van der Waals surface area contributed by atoms with Gasteiger partial charge in [-0.2, -0.15) is 0 Å². The van der Waals surface area contributed by atoms with Crippen LogP contribution in [0.15, 0.2) is 16.8 Å². The van der Waals surface area contributed by atoms with E-state index in [1.807, 2.05) is 6.92 Å². The van der Waals surface area contributed by atoms with Crippen LogP contribution in [0.1, 0.15) is 33.1 Å². The van der Waals surface area contributed by atoms with Crippen molar-refractivity contribution < 1.29 is 14.0 Å². The maximum Gasteiger partial charge on any atom is 0.231 e. The van der Waals surface area contributed by atoms with Gasteiger partial charge in [-0.25, -0.2) is 4.39 Å². The minimum Gasteiger partial charge on any atom is -0.319 e. The average molecular weight is 281 g/mol. The Labute approximate surface area is 117 Å². The highest BCUT2D eigenvalue weighted by Crippen LogP contribution is 2.33. The van der Waals surface area contributed by atoms with E-state index in [9.17, 15) is 14.0 Å². The molecule has 1 N–H and O–H groups in total. The molecule has 6 heteroatoms. The zero-order valence-electron chi connectivity index (χ0n) is 12.0. The second-order valence-electron chi connectivity index (χ2n) is 5.36. The number of carbonyl (C=O) groups excluding carboxylic acids is 2. The molecule has 110 valence electrons. The molecule has 2 amide bonds. The van der Waals surface area contributed by atoms with Crippen molar-refractivity contribution in [2.24, 2.45) is 10.9 Å². The third-order valence-corrected chi connectivity index (χ3v) is 3.58. The number of nitrogens with zero attached hydrogens (tertiary/aromatic N) is 2. The quantitative estimate of drug-likeness (QED) is 0.850. The number of nitrogens with one attached hydrogen (secondary N) is 1. The standard InChI is InChI=1S/C14H20FN3O2/c1-4-13(19)18(3)9-5-8(2)16-12(6-9)17-14(20)10-7-11(10)15/h6,8,10-11H,4-5,7H2,1-3H3,(H,16,17,20)/t8?,10-,11+/m1/s1. The van der Waals surface area contributed by atoms with Crippen LogP contribution in [-0.2, 0) is 9.59 Å². The Hall–Kier alpha value is -1.72. The summed E-state index contributed by atoms with van der Waals surface area (Å²) in [6.45, 7) is 3.72. The van der Waals surface area contributed by atoms with Crippen LogP contribution in [-0.4, -0.2) is 41.8 Å². The third kappa shape index (κ3) is 3.23. The maximum absolute atomic E-state index is 12.8. The first-order valence-corrected chi connectivity index (χ1v) is 6.92. The molecule has 0 radical (unpaired) electrons. The molecule has 1 fully saturated rings. The second-order valence-corrected chi connectivity index (χ2v) is 5.36. The summed E-state index contributed by atoms with van der Waals surface area (Å²) in [7, 11) is 1.72. The molecule has 0 spiro atoms. The van der Waals surface area contributed by atoms with Crippen LogP contribution in [0.2, 0.25) is 0 Å². The van der Waals surface area contributed by atoms with Crippen molar-refractivity contribution in [1.29, 1.82) is 0 Å². The van der Waals surface area contributed by atoms with Gasteiger partial charge in [0, 0.05) is 31.7 Å². The van der Waals surface area contributed by atoms with Gasteiger partial charge < -0.3 is 10.2 Å². The van der Waals surface area contributed by atoms with E-state index >= 15 is 0 Å². The summed E-state index contributed by atoms with van der Waals surface area (Å²) < 4.78 is 12.8. The fraction of sp³-hybridized carbons (Fsp3) is 0.643. The van der Waals surface area contributed by atoms with Gasteiger partial charge in [0.15, 0.2) is 0 Å². The van der Waals surface area contributed by atoms with Gasteiger partial charge in [0.1, 0.15) is 12.0 Å². The molecule has 0 saturated heterocycles. The van der Waals surface area contributed by atoms with Crippen LogP contribution in [0.4, 0.5) is 4.39 Å². The lowest BCUT2D eigenvalue weighted by molar-refractivity contribution is -0.128. The molecule has 2 rings (SSSR count). The van der Waals surface area contributed by atoms with E-state index < -0.39 is 12.1 Å². The Morgan fingerprint density at radius 3 is 2.75 bits per heavy atom. The van der Waals surface area contributed by atoms with Gasteiger partial charge in [-0.05, 0) is 13.3 Å². The first-order chi connectivity index (χ1) is 9.42. The van der Waals surface area contributed by atoms with Gasteiger partial charge >= 0.3 is 0 Å². The smallest absolute Gasteiger partial charge is 0.231 e. The summed E-state index contributed by atoms with van der Waals surface area (Å²) in [5.74, 6) is -0.437. The zero-order chi connectivity index (χ0) is 14.9. The normalized spacial score (nSPS) is 28.3. The highest BCUT2D eigenvalue weighted by atomic mass is 19.1. The monoisotopic (exact) mass is 281 g/mol. The van der Waals surface area contributed by atoms with Gasteiger partial charge in [-0.3, -0.25) is 14.6 Å². The molecule has 3 atom stereocenters. The second kappa shape index (κ2) is 5.73. The van der Waals surface area contributed by atoms with Crippen LogP contribution in [0, 0.1) is 5.92 Å². The average Bonchev–Trinajstić information content (AvgIpc) is 3.13. The van der Waals surface area contributed by atoms with E-state index in [1.54, 1.807) is 24.9 Å². The number of carbonyl (C=O) groups is 2. The number of rotatable bonds is 3. The van der Waals surface area contributed by atoms with Crippen LogP contribution in [0.25, 0.3) is 0 Å². The predicted octanol–water partition coefficient (Wildman–Crippen LogP) is 1.40. The summed E-state index contributed by atoms with van der Waals surface area (Å²) in [5.41, 5.74) is 0.822. The molecule has 5 nitrogen and oxygen atoms in total. The number of aliphatic imine (C=N–C) groups is 1. The maximum atomic E-state index is 12.8. The van der Waals surface area contributed by atoms with E-state index in [0.29, 0.717) is 25.1 Å². The third-order valence-electron chi connectivity index (χ3n) is 3.58. The lowest BCUT2D eigenvalue weighted by atomic mass is 10.1. The highest BCUT2D eigenvalue weighted by Gasteiger charge is 2.44. The van der Waals surface area contributed by atoms with Crippen molar-refractivity contribution >= 4 is 17.6 Å². The molecule has 1 unspecified atom stereocenters. The van der Waals surface area contributed by atoms with Gasteiger partial charge in [-0.15, -0.1) is 0 Å². The Kier molecular flexibility index (Phi) is 4.20. The van der Waals surface area contributed by atoms with Crippen molar-refractivity contribution in [3.05, 3.63) is 11.8 Å². The first kappa shape index (κ1) is 14.7. The summed E-state index contributed by atoms with van der Waals surface area (Å²) in [5, 5.41) is 2.64. The van der Waals surface area contributed by atoms with Crippen LogP contribution >= 0.6 is 0 Å². The molecule has 1 heterocycles. The van der Waals surface area contributed by atoms with E-state index in [2.05, 4.69) is 10.3 Å². The van der Waals surface area contributed by atoms with Crippen molar-refractivity contribution in [2.45, 2.75) is 45.3 Å². The number of amides is 2. The molecule has 1 aliphatic heterocycles. The van der Waals surface area contributed by atoms with E-state index in [0.717, 1.165) is 5.70 Å². The first-order valence-electron chi connectivity index (χ1n) is 6.92. The number of dihydropyridines is 1. The number of hydrogen-bond acceptors (Lipinski definition) is 3. The molecule has 1 saturated carbocycles. The van der Waals surface area contributed by atoms with E-state index in [1.165, 1.54) is 0 Å². The minimum atomic E-state index is -1.02. The minimum absolute atomic E-state index is 0.0158. The molecule has 1 aliphatic carbocycles. The van der Waals surface area contributed by atoms with Crippen LogP contribution in [0.5, 0.6) is 0 Å². The summed E-state index contributed by atoms with van der Waals surface area (Å²) in [6, 6.07) is -0.0159. The molecule has 0 aromatic carbocycles. The summed E-state index contributed by atoms with van der Waals surface area (Å²) in [4.78, 5) is 29.3. The van der Waals surface area contributed by atoms with E-state index in [4.69, 9.17) is 0 Å². The number of amidine groups is 1. The lowest BCUT2D eigenvalue weighted by Gasteiger charge is -2.25. The molecular formula is C14H20FN3O2. The predicted molar refractivity (Wildman–Crippen MR) is 73.8 cm³/mol. The lowest BCUT2D eigenvalue weighted by Crippen LogP contribution is -2.36. The molecule has 20 heavy (non-hydrogen) atoms. The van der Waals surface area contributed by atoms with Gasteiger partial charge in [0.2, 0.25) is 11.8 Å². The highest BCUT2D eigenvalue weighted by molar-refractivity contribution is 6.06. The topological polar surface area (TPSA) is 61.8 Å². The summed E-state index contributed by atoms with van der Waals surface area (Å²) >= 11 is 0. The van der Waals surface area contributed by atoms with Crippen LogP contribution < -0.4 is 5.32 Å². The fourth-order valence-corrected chi connectivity index (χ4v) is 2.19. The zero-order valence-corrected chi connectivity index (χ0v) is 12.0. The molecule has 0 bridgehead atoms. The van der Waals surface area contributed by atoms with Crippen molar-refractivity contribution in [3.8, 4) is 0 Å². The van der Waals surface area contributed by atoms with Crippen molar-refractivity contribution in [3.63, 3.8) is 0 Å². The fourth-order valence-electron chi connectivity index (χ4n) is 2.19. The van der Waals surface area contributed by atoms with Crippen molar-refractivity contribution in [1.82, 2.24) is 10.2 Å². The van der Waals surface area contributed by atoms with Crippen LogP contribution in [0.3, 0.4) is 0 Å². The SMILES string of the molecule is CCC(=O)N(C)C1=CC(NC(=O)[C@@H]2C[C@@H]2F)=NC(C)C1. The molecular weight excluding hydrogens is 261 g/mol. The molecule has 0 aromatic heterocycles. The van der Waals surface area contributed by atoms with E-state index in [-0.39, 0.29) is 17.9 Å². The Balaban J connectivity index is 2.06. The number of hydrogen-bond donors (Lipinski definition) is 1. The molecule has 0 aromatic rings.